The predicted molar refractivity (Wildman–Crippen MR) is 247 cm³/mol. The molecule has 0 aliphatic carbocycles. The Bertz CT molecular complexity index is 1030. The summed E-state index contributed by atoms with van der Waals surface area (Å²) >= 11 is 0. The average Bonchev–Trinajstić information content (AvgIpc) is 3.22. The minimum Gasteiger partial charge on any atom is -0.462 e. The molecule has 0 saturated carbocycles. The number of hydrogen-bond acceptors (Lipinski definition) is 6. The maximum atomic E-state index is 12.7. The van der Waals surface area contributed by atoms with Crippen LogP contribution in [0.1, 0.15) is 245 Å². The van der Waals surface area contributed by atoms with Gasteiger partial charge in [0.25, 0.3) is 0 Å². The number of ether oxygens (including phenoxy) is 3. The maximum Gasteiger partial charge on any atom is 0.306 e. The number of unbranched alkanes of at least 4 members (excludes halogenated alkanes) is 25. The first-order chi connectivity index (χ1) is 28.5. The lowest BCUT2D eigenvalue weighted by Crippen LogP contribution is -2.30. The summed E-state index contributed by atoms with van der Waals surface area (Å²) in [4.78, 5) is 37.5. The third-order valence-corrected chi connectivity index (χ3v) is 10.6. The summed E-state index contributed by atoms with van der Waals surface area (Å²) in [6, 6.07) is 0. The van der Waals surface area contributed by atoms with Crippen molar-refractivity contribution in [2.45, 2.75) is 252 Å². The minimum atomic E-state index is -0.766. The van der Waals surface area contributed by atoms with Crippen LogP contribution in [0.15, 0.2) is 48.6 Å². The van der Waals surface area contributed by atoms with E-state index in [2.05, 4.69) is 69.4 Å². The highest BCUT2D eigenvalue weighted by atomic mass is 16.6. The normalized spacial score (nSPS) is 12.4. The van der Waals surface area contributed by atoms with E-state index in [1.54, 1.807) is 0 Å². The molecule has 0 radical (unpaired) electrons. The highest BCUT2D eigenvalue weighted by molar-refractivity contribution is 5.71. The highest BCUT2D eigenvalue weighted by Crippen LogP contribution is 2.15. The molecule has 0 N–H and O–H groups in total. The van der Waals surface area contributed by atoms with E-state index in [1.165, 1.54) is 116 Å². The first kappa shape index (κ1) is 55.4. The average molecular weight is 813 g/mol. The topological polar surface area (TPSA) is 78.9 Å². The molecule has 0 aliphatic heterocycles. The molecule has 1 unspecified atom stereocenters. The van der Waals surface area contributed by atoms with Crippen LogP contribution in [0.5, 0.6) is 0 Å². The van der Waals surface area contributed by atoms with E-state index in [0.29, 0.717) is 19.3 Å². The van der Waals surface area contributed by atoms with Gasteiger partial charge in [-0.25, -0.2) is 0 Å². The maximum absolute atomic E-state index is 12.7. The summed E-state index contributed by atoms with van der Waals surface area (Å²) < 4.78 is 16.6. The number of allylic oxidation sites excluding steroid dienone is 8. The zero-order valence-corrected chi connectivity index (χ0v) is 38.3. The first-order valence-electron chi connectivity index (χ1n) is 24.6. The number of carbonyl (C=O) groups is 3. The second-order valence-electron chi connectivity index (χ2n) is 16.4. The van der Waals surface area contributed by atoms with Gasteiger partial charge in [0.15, 0.2) is 6.10 Å². The van der Waals surface area contributed by atoms with Gasteiger partial charge >= 0.3 is 17.9 Å². The Hall–Kier alpha value is -2.63. The molecule has 1 atom stereocenters. The Kier molecular flexibility index (Phi) is 44.9. The van der Waals surface area contributed by atoms with Gasteiger partial charge in [-0.05, 0) is 57.8 Å². The molecule has 0 fully saturated rings. The molecular weight excluding hydrogens is 721 g/mol. The third kappa shape index (κ3) is 44.5. The van der Waals surface area contributed by atoms with E-state index < -0.39 is 6.10 Å². The lowest BCUT2D eigenvalue weighted by atomic mass is 10.0. The van der Waals surface area contributed by atoms with Crippen molar-refractivity contribution < 1.29 is 28.6 Å². The van der Waals surface area contributed by atoms with Crippen LogP contribution >= 0.6 is 0 Å². The lowest BCUT2D eigenvalue weighted by molar-refractivity contribution is -0.167. The molecule has 0 bridgehead atoms. The Morgan fingerprint density at radius 1 is 0.362 bits per heavy atom. The van der Waals surface area contributed by atoms with Crippen molar-refractivity contribution >= 4 is 17.9 Å². The smallest absolute Gasteiger partial charge is 0.306 e. The predicted octanol–water partition coefficient (Wildman–Crippen LogP) is 15.9. The van der Waals surface area contributed by atoms with Crippen LogP contribution in [0.4, 0.5) is 0 Å². The largest absolute Gasteiger partial charge is 0.462 e. The summed E-state index contributed by atoms with van der Waals surface area (Å²) in [5.74, 6) is -0.886. The molecule has 0 aromatic rings. The van der Waals surface area contributed by atoms with Gasteiger partial charge in [0.2, 0.25) is 0 Å². The van der Waals surface area contributed by atoms with Crippen molar-refractivity contribution in [2.75, 3.05) is 13.2 Å². The van der Waals surface area contributed by atoms with Crippen molar-refractivity contribution in [1.82, 2.24) is 0 Å². The number of hydrogen-bond donors (Lipinski definition) is 0. The monoisotopic (exact) mass is 813 g/mol. The Morgan fingerprint density at radius 3 is 1.05 bits per heavy atom. The van der Waals surface area contributed by atoms with E-state index in [1.807, 2.05) is 0 Å². The number of carbonyl (C=O) groups excluding carboxylic acids is 3. The van der Waals surface area contributed by atoms with E-state index in [-0.39, 0.29) is 31.1 Å². The van der Waals surface area contributed by atoms with E-state index in [4.69, 9.17) is 14.2 Å². The van der Waals surface area contributed by atoms with Crippen LogP contribution in [0, 0.1) is 0 Å². The molecule has 0 amide bonds. The molecule has 6 heteroatoms. The standard InChI is InChI=1S/C52H92O6/c1-4-7-10-13-15-17-19-21-22-23-24-25-26-27-28-29-30-31-33-34-36-39-42-45-51(54)57-48-49(47-56-50(53)44-41-38-12-9-6-3)58-52(55)46-43-40-37-35-32-20-18-16-14-11-8-5-2/h7,10,15,17,21-22,24-25,49H,4-6,8-9,11-14,16,18-20,23,26-48H2,1-3H3/b10-7-,17-15-,22-21-,25-24-. The van der Waals surface area contributed by atoms with Crippen LogP contribution in [-0.4, -0.2) is 37.2 Å². The van der Waals surface area contributed by atoms with E-state index in [0.717, 1.165) is 89.9 Å². The molecule has 336 valence electrons. The molecule has 0 heterocycles. The molecule has 58 heavy (non-hydrogen) atoms. The summed E-state index contributed by atoms with van der Waals surface area (Å²) in [6.45, 7) is 6.44. The Balaban J connectivity index is 4.10. The molecule has 0 spiro atoms. The molecule has 0 saturated heterocycles. The van der Waals surface area contributed by atoms with Crippen molar-refractivity contribution in [3.8, 4) is 0 Å². The fourth-order valence-corrected chi connectivity index (χ4v) is 6.90. The van der Waals surface area contributed by atoms with Gasteiger partial charge < -0.3 is 14.2 Å². The summed E-state index contributed by atoms with van der Waals surface area (Å²) in [5.41, 5.74) is 0. The van der Waals surface area contributed by atoms with Crippen molar-refractivity contribution in [2.24, 2.45) is 0 Å². The summed E-state index contributed by atoms with van der Waals surface area (Å²) in [5, 5.41) is 0. The van der Waals surface area contributed by atoms with Crippen LogP contribution in [0.25, 0.3) is 0 Å². The fraction of sp³-hybridized carbons (Fsp3) is 0.788. The third-order valence-electron chi connectivity index (χ3n) is 10.6. The van der Waals surface area contributed by atoms with Crippen LogP contribution < -0.4 is 0 Å². The van der Waals surface area contributed by atoms with Gasteiger partial charge in [0, 0.05) is 19.3 Å². The second-order valence-corrected chi connectivity index (χ2v) is 16.4. The minimum absolute atomic E-state index is 0.0729. The molecule has 0 aromatic carbocycles. The van der Waals surface area contributed by atoms with Gasteiger partial charge in [-0.1, -0.05) is 217 Å². The van der Waals surface area contributed by atoms with Crippen molar-refractivity contribution in [1.29, 1.82) is 0 Å². The quantitative estimate of drug-likeness (QED) is 0.0264. The van der Waals surface area contributed by atoms with E-state index >= 15 is 0 Å². The number of rotatable bonds is 44. The van der Waals surface area contributed by atoms with Gasteiger partial charge in [0.1, 0.15) is 13.2 Å². The van der Waals surface area contributed by atoms with Crippen molar-refractivity contribution in [3.05, 3.63) is 48.6 Å². The molecule has 0 aliphatic rings. The molecular formula is C52H92O6. The SMILES string of the molecule is CC/C=C\C/C=C\C/C=C\C/C=C\CCCCCCCCCCCCC(=O)OCC(COC(=O)CCCCCCC)OC(=O)CCCCCCCCCCCCCC. The summed E-state index contributed by atoms with van der Waals surface area (Å²) in [6.07, 6.45) is 55.6. The van der Waals surface area contributed by atoms with E-state index in [9.17, 15) is 14.4 Å². The Morgan fingerprint density at radius 2 is 0.672 bits per heavy atom. The second kappa shape index (κ2) is 47.1. The van der Waals surface area contributed by atoms with Crippen molar-refractivity contribution in [3.63, 3.8) is 0 Å². The molecule has 6 nitrogen and oxygen atoms in total. The van der Waals surface area contributed by atoms with Crippen LogP contribution in [0.2, 0.25) is 0 Å². The summed E-state index contributed by atoms with van der Waals surface area (Å²) in [7, 11) is 0. The Labute approximate surface area is 358 Å². The number of esters is 3. The molecule has 0 rings (SSSR count). The van der Waals surface area contributed by atoms with Crippen LogP contribution in [-0.2, 0) is 28.6 Å². The fourth-order valence-electron chi connectivity index (χ4n) is 6.90. The highest BCUT2D eigenvalue weighted by Gasteiger charge is 2.19. The zero-order valence-electron chi connectivity index (χ0n) is 38.3. The zero-order chi connectivity index (χ0) is 42.3. The van der Waals surface area contributed by atoms with Gasteiger partial charge in [-0.2, -0.15) is 0 Å². The molecule has 0 aromatic heterocycles. The van der Waals surface area contributed by atoms with Gasteiger partial charge in [0.05, 0.1) is 0 Å². The van der Waals surface area contributed by atoms with Crippen LogP contribution in [0.3, 0.4) is 0 Å². The van der Waals surface area contributed by atoms with Gasteiger partial charge in [-0.3, -0.25) is 14.4 Å². The first-order valence-corrected chi connectivity index (χ1v) is 24.6. The lowest BCUT2D eigenvalue weighted by Gasteiger charge is -2.18. The van der Waals surface area contributed by atoms with Gasteiger partial charge in [-0.15, -0.1) is 0 Å².